The second-order valence-electron chi connectivity index (χ2n) is 6.83. The first-order chi connectivity index (χ1) is 12.9. The molecule has 1 aliphatic heterocycles. The van der Waals surface area contributed by atoms with Gasteiger partial charge in [0, 0.05) is 18.2 Å². The number of nitrogens with zero attached hydrogens (tertiary/aromatic N) is 2. The molecule has 8 heteroatoms. The van der Waals surface area contributed by atoms with Crippen molar-refractivity contribution in [2.45, 2.75) is 44.4 Å². The lowest BCUT2D eigenvalue weighted by molar-refractivity contribution is -0.132. The molecular weight excluding hydrogens is 371 g/mol. The van der Waals surface area contributed by atoms with Crippen LogP contribution in [0.3, 0.4) is 0 Å². The first-order valence-electron chi connectivity index (χ1n) is 9.08. The molecule has 1 aromatic carbocycles. The van der Waals surface area contributed by atoms with E-state index >= 15 is 0 Å². The number of carbonyl (C=O) groups is 1. The Morgan fingerprint density at radius 2 is 2.19 bits per heavy atom. The highest BCUT2D eigenvalue weighted by Gasteiger charge is 2.29. The molecule has 146 valence electrons. The molecule has 0 aliphatic carbocycles. The zero-order valence-electron chi connectivity index (χ0n) is 15.2. The molecule has 1 aromatic heterocycles. The van der Waals surface area contributed by atoms with Crippen molar-refractivity contribution in [2.24, 2.45) is 0 Å². The molecule has 1 atom stereocenters. The van der Waals surface area contributed by atoms with Crippen LogP contribution in [0.1, 0.15) is 38.3 Å². The summed E-state index contributed by atoms with van der Waals surface area (Å²) in [5.41, 5.74) is 0.626. The van der Waals surface area contributed by atoms with E-state index in [-0.39, 0.29) is 29.3 Å². The Morgan fingerprint density at radius 1 is 1.37 bits per heavy atom. The second-order valence-corrected chi connectivity index (χ2v) is 8.90. The van der Waals surface area contributed by atoms with Crippen LogP contribution < -0.4 is 0 Å². The lowest BCUT2D eigenvalue weighted by Crippen LogP contribution is -2.45. The first-order valence-corrected chi connectivity index (χ1v) is 10.9. The summed E-state index contributed by atoms with van der Waals surface area (Å²) >= 11 is 0. The molecule has 0 bridgehead atoms. The van der Waals surface area contributed by atoms with Gasteiger partial charge in [-0.25, -0.2) is 17.8 Å². The average Bonchev–Trinajstić information content (AvgIpc) is 3.09. The maximum absolute atomic E-state index is 13.3. The normalized spacial score (nSPS) is 17.9. The van der Waals surface area contributed by atoms with E-state index in [1.54, 1.807) is 11.0 Å². The highest BCUT2D eigenvalue weighted by molar-refractivity contribution is 7.91. The number of likely N-dealkylation sites (tertiary alicyclic amines) is 1. The molecule has 1 aliphatic rings. The zero-order chi connectivity index (χ0) is 19.4. The Balaban J connectivity index is 1.67. The highest BCUT2D eigenvalue weighted by Crippen LogP contribution is 2.22. The molecule has 2 heterocycles. The number of oxazole rings is 1. The van der Waals surface area contributed by atoms with Crippen LogP contribution in [0.2, 0.25) is 0 Å². The van der Waals surface area contributed by atoms with Gasteiger partial charge in [0.15, 0.2) is 9.84 Å². The molecule has 1 unspecified atom stereocenters. The summed E-state index contributed by atoms with van der Waals surface area (Å²) in [6.07, 6.45) is 4.95. The summed E-state index contributed by atoms with van der Waals surface area (Å²) in [5, 5.41) is 0. The van der Waals surface area contributed by atoms with Crippen LogP contribution in [-0.2, 0) is 20.4 Å². The summed E-state index contributed by atoms with van der Waals surface area (Å²) in [4.78, 5) is 18.3. The number of hydrogen-bond donors (Lipinski definition) is 0. The Hall–Kier alpha value is -2.22. The van der Waals surface area contributed by atoms with E-state index in [0.717, 1.165) is 25.7 Å². The predicted molar refractivity (Wildman–Crippen MR) is 99.0 cm³/mol. The molecular formula is C19H23FN2O4S. The van der Waals surface area contributed by atoms with Crippen LogP contribution in [0.4, 0.5) is 4.39 Å². The molecule has 1 saturated heterocycles. The quantitative estimate of drug-likeness (QED) is 0.752. The van der Waals surface area contributed by atoms with Crippen molar-refractivity contribution in [2.75, 3.05) is 12.3 Å². The number of hydrogen-bond acceptors (Lipinski definition) is 5. The fourth-order valence-electron chi connectivity index (χ4n) is 3.43. The second kappa shape index (κ2) is 8.21. The van der Waals surface area contributed by atoms with Gasteiger partial charge in [-0.3, -0.25) is 4.79 Å². The molecule has 3 rings (SSSR count). The number of carbonyl (C=O) groups excluding carboxylic acids is 1. The smallest absolute Gasteiger partial charge is 0.238 e. The van der Waals surface area contributed by atoms with Crippen molar-refractivity contribution in [1.82, 2.24) is 9.88 Å². The Labute approximate surface area is 158 Å². The fourth-order valence-corrected chi connectivity index (χ4v) is 4.66. The number of aromatic nitrogens is 1. The SMILES string of the molecule is CCC1CCCCN1C(=O)CS(=O)(=O)Cc1coc(-c2cccc(F)c2)n1. The van der Waals surface area contributed by atoms with Gasteiger partial charge in [-0.05, 0) is 43.9 Å². The van der Waals surface area contributed by atoms with Crippen LogP contribution in [0.5, 0.6) is 0 Å². The molecule has 0 saturated carbocycles. The van der Waals surface area contributed by atoms with Crippen LogP contribution in [0.15, 0.2) is 34.9 Å². The third-order valence-electron chi connectivity index (χ3n) is 4.75. The van der Waals surface area contributed by atoms with Crippen LogP contribution in [-0.4, -0.2) is 42.5 Å². The van der Waals surface area contributed by atoms with Gasteiger partial charge in [-0.15, -0.1) is 0 Å². The van der Waals surface area contributed by atoms with E-state index in [2.05, 4.69) is 4.98 Å². The summed E-state index contributed by atoms with van der Waals surface area (Å²) < 4.78 is 43.5. The summed E-state index contributed by atoms with van der Waals surface area (Å²) in [6, 6.07) is 5.82. The average molecular weight is 394 g/mol. The molecule has 0 spiro atoms. The topological polar surface area (TPSA) is 80.5 Å². The van der Waals surface area contributed by atoms with Gasteiger partial charge in [-0.1, -0.05) is 13.0 Å². The molecule has 27 heavy (non-hydrogen) atoms. The van der Waals surface area contributed by atoms with Gasteiger partial charge in [0.2, 0.25) is 11.8 Å². The Bertz CT molecular complexity index is 910. The van der Waals surface area contributed by atoms with Crippen molar-refractivity contribution in [3.8, 4) is 11.5 Å². The van der Waals surface area contributed by atoms with E-state index in [1.807, 2.05) is 6.92 Å². The van der Waals surface area contributed by atoms with Gasteiger partial charge >= 0.3 is 0 Å². The van der Waals surface area contributed by atoms with Crippen molar-refractivity contribution in [1.29, 1.82) is 0 Å². The predicted octanol–water partition coefficient (Wildman–Crippen LogP) is 3.19. The molecule has 6 nitrogen and oxygen atoms in total. The minimum Gasteiger partial charge on any atom is -0.444 e. The van der Waals surface area contributed by atoms with Gasteiger partial charge in [-0.2, -0.15) is 0 Å². The van der Waals surface area contributed by atoms with E-state index < -0.39 is 21.4 Å². The van der Waals surface area contributed by atoms with Gasteiger partial charge in [0.05, 0.1) is 11.4 Å². The summed E-state index contributed by atoms with van der Waals surface area (Å²) in [6.45, 7) is 2.62. The van der Waals surface area contributed by atoms with E-state index in [0.29, 0.717) is 12.1 Å². The van der Waals surface area contributed by atoms with Gasteiger partial charge in [0.25, 0.3) is 0 Å². The molecule has 2 aromatic rings. The zero-order valence-corrected chi connectivity index (χ0v) is 16.0. The fraction of sp³-hybridized carbons (Fsp3) is 0.474. The van der Waals surface area contributed by atoms with Crippen LogP contribution >= 0.6 is 0 Å². The third-order valence-corrected chi connectivity index (χ3v) is 6.18. The monoisotopic (exact) mass is 394 g/mol. The molecule has 0 radical (unpaired) electrons. The van der Waals surface area contributed by atoms with E-state index in [1.165, 1.54) is 24.5 Å². The van der Waals surface area contributed by atoms with Gasteiger partial charge in [0.1, 0.15) is 17.8 Å². The maximum Gasteiger partial charge on any atom is 0.238 e. The number of rotatable bonds is 6. The number of amides is 1. The lowest BCUT2D eigenvalue weighted by atomic mass is 10.0. The largest absolute Gasteiger partial charge is 0.444 e. The number of benzene rings is 1. The summed E-state index contributed by atoms with van der Waals surface area (Å²) in [5.74, 6) is -1.56. The number of halogens is 1. The maximum atomic E-state index is 13.3. The third kappa shape index (κ3) is 4.94. The summed E-state index contributed by atoms with van der Waals surface area (Å²) in [7, 11) is -3.68. The molecule has 1 fully saturated rings. The van der Waals surface area contributed by atoms with Crippen molar-refractivity contribution < 1.29 is 22.0 Å². The van der Waals surface area contributed by atoms with E-state index in [4.69, 9.17) is 4.42 Å². The molecule has 1 amide bonds. The number of sulfone groups is 1. The first kappa shape index (κ1) is 19.5. The van der Waals surface area contributed by atoms with Crippen LogP contribution in [0, 0.1) is 5.82 Å². The van der Waals surface area contributed by atoms with Crippen molar-refractivity contribution in [3.05, 3.63) is 42.0 Å². The number of piperidine rings is 1. The minimum atomic E-state index is -3.68. The minimum absolute atomic E-state index is 0.119. The van der Waals surface area contributed by atoms with Crippen LogP contribution in [0.25, 0.3) is 11.5 Å². The Kier molecular flexibility index (Phi) is 5.94. The van der Waals surface area contributed by atoms with E-state index in [9.17, 15) is 17.6 Å². The lowest BCUT2D eigenvalue weighted by Gasteiger charge is -2.35. The highest BCUT2D eigenvalue weighted by atomic mass is 32.2. The Morgan fingerprint density at radius 3 is 2.93 bits per heavy atom. The van der Waals surface area contributed by atoms with Gasteiger partial charge < -0.3 is 9.32 Å². The van der Waals surface area contributed by atoms with Crippen molar-refractivity contribution >= 4 is 15.7 Å². The standard InChI is InChI=1S/C19H23FN2O4S/c1-2-17-8-3-4-9-22(17)18(23)13-27(24,25)12-16-11-26-19(21-16)14-6-5-7-15(20)10-14/h5-7,10-11,17H,2-4,8-9,12-13H2,1H3. The molecule has 0 N–H and O–H groups in total. The van der Waals surface area contributed by atoms with Crippen molar-refractivity contribution in [3.63, 3.8) is 0 Å².